The standard InChI is InChI=1S/C22H25N3/c1-16-4-8-19(9-5-16)23-14-21-12-18(3)13-22(25-21)15-24-20-10-6-17(2)7-11-20/h4-13,23-24H,14-15H2,1-3H3. The van der Waals surface area contributed by atoms with Crippen LogP contribution in [0.15, 0.2) is 60.7 Å². The summed E-state index contributed by atoms with van der Waals surface area (Å²) in [6.07, 6.45) is 0. The van der Waals surface area contributed by atoms with Crippen LogP contribution in [0.1, 0.15) is 28.1 Å². The van der Waals surface area contributed by atoms with E-state index >= 15 is 0 Å². The number of nitrogens with one attached hydrogen (secondary N) is 2. The van der Waals surface area contributed by atoms with Crippen molar-refractivity contribution in [1.82, 2.24) is 4.98 Å². The summed E-state index contributed by atoms with van der Waals surface area (Å²) in [4.78, 5) is 4.77. The third-order valence-electron chi connectivity index (χ3n) is 4.13. The summed E-state index contributed by atoms with van der Waals surface area (Å²) >= 11 is 0. The Morgan fingerprint density at radius 3 is 1.40 bits per heavy atom. The van der Waals surface area contributed by atoms with Crippen molar-refractivity contribution in [3.63, 3.8) is 0 Å². The molecule has 128 valence electrons. The molecule has 3 nitrogen and oxygen atoms in total. The number of nitrogens with zero attached hydrogens (tertiary/aromatic N) is 1. The summed E-state index contributed by atoms with van der Waals surface area (Å²) in [5, 5.41) is 6.88. The zero-order valence-electron chi connectivity index (χ0n) is 15.1. The minimum Gasteiger partial charge on any atom is -0.379 e. The molecule has 0 fully saturated rings. The number of hydrogen-bond acceptors (Lipinski definition) is 3. The molecule has 0 bridgehead atoms. The molecule has 3 rings (SSSR count). The highest BCUT2D eigenvalue weighted by Gasteiger charge is 2.02. The van der Waals surface area contributed by atoms with Crippen molar-refractivity contribution in [1.29, 1.82) is 0 Å². The molecule has 0 radical (unpaired) electrons. The minimum absolute atomic E-state index is 0.724. The van der Waals surface area contributed by atoms with E-state index in [1.165, 1.54) is 16.7 Å². The van der Waals surface area contributed by atoms with Gasteiger partial charge in [-0.1, -0.05) is 35.4 Å². The topological polar surface area (TPSA) is 37.0 Å². The normalized spacial score (nSPS) is 10.5. The van der Waals surface area contributed by atoms with Gasteiger partial charge in [-0.05, 0) is 62.7 Å². The first-order valence-electron chi connectivity index (χ1n) is 8.66. The van der Waals surface area contributed by atoms with Gasteiger partial charge in [0.15, 0.2) is 0 Å². The molecule has 0 aliphatic heterocycles. The fraction of sp³-hybridized carbons (Fsp3) is 0.227. The Labute approximate surface area is 150 Å². The molecule has 1 aromatic heterocycles. The monoisotopic (exact) mass is 331 g/mol. The molecule has 2 aromatic carbocycles. The smallest absolute Gasteiger partial charge is 0.0601 e. The minimum atomic E-state index is 0.724. The maximum atomic E-state index is 4.77. The molecule has 2 N–H and O–H groups in total. The number of aryl methyl sites for hydroxylation is 3. The molecule has 0 amide bonds. The van der Waals surface area contributed by atoms with Crippen LogP contribution in [0, 0.1) is 20.8 Å². The Bertz CT molecular complexity index is 753. The van der Waals surface area contributed by atoms with Gasteiger partial charge in [0.05, 0.1) is 24.5 Å². The van der Waals surface area contributed by atoms with E-state index in [2.05, 4.69) is 92.1 Å². The summed E-state index contributed by atoms with van der Waals surface area (Å²) in [5.41, 5.74) is 8.12. The lowest BCUT2D eigenvalue weighted by molar-refractivity contribution is 0.958. The second-order valence-electron chi connectivity index (χ2n) is 6.57. The lowest BCUT2D eigenvalue weighted by Crippen LogP contribution is -2.07. The van der Waals surface area contributed by atoms with Crippen LogP contribution in [-0.4, -0.2) is 4.98 Å². The predicted molar refractivity (Wildman–Crippen MR) is 106 cm³/mol. The first-order valence-corrected chi connectivity index (χ1v) is 8.66. The highest BCUT2D eigenvalue weighted by molar-refractivity contribution is 5.46. The number of rotatable bonds is 6. The van der Waals surface area contributed by atoms with Gasteiger partial charge in [0.25, 0.3) is 0 Å². The lowest BCUT2D eigenvalue weighted by Gasteiger charge is -2.11. The average Bonchev–Trinajstić information content (AvgIpc) is 2.60. The van der Waals surface area contributed by atoms with Crippen molar-refractivity contribution < 1.29 is 0 Å². The van der Waals surface area contributed by atoms with E-state index in [1.54, 1.807) is 0 Å². The van der Waals surface area contributed by atoms with Crippen molar-refractivity contribution in [3.05, 3.63) is 88.7 Å². The van der Waals surface area contributed by atoms with Gasteiger partial charge in [-0.3, -0.25) is 4.98 Å². The van der Waals surface area contributed by atoms with Crippen LogP contribution < -0.4 is 10.6 Å². The Kier molecular flexibility index (Phi) is 5.34. The molecule has 0 unspecified atom stereocenters. The van der Waals surface area contributed by atoms with Gasteiger partial charge in [0, 0.05) is 11.4 Å². The molecule has 0 aliphatic carbocycles. The van der Waals surface area contributed by atoms with Gasteiger partial charge in [-0.25, -0.2) is 0 Å². The van der Waals surface area contributed by atoms with Crippen LogP contribution in [0.2, 0.25) is 0 Å². The molecule has 0 saturated carbocycles. The maximum absolute atomic E-state index is 4.77. The van der Waals surface area contributed by atoms with Gasteiger partial charge in [-0.15, -0.1) is 0 Å². The molecule has 0 aliphatic rings. The fourth-order valence-electron chi connectivity index (χ4n) is 2.73. The predicted octanol–water partition coefficient (Wildman–Crippen LogP) is 5.23. The first kappa shape index (κ1) is 17.0. The molecular weight excluding hydrogens is 306 g/mol. The second-order valence-corrected chi connectivity index (χ2v) is 6.57. The fourth-order valence-corrected chi connectivity index (χ4v) is 2.73. The molecule has 3 aromatic rings. The molecule has 3 heteroatoms. The third-order valence-corrected chi connectivity index (χ3v) is 4.13. The summed E-state index contributed by atoms with van der Waals surface area (Å²) in [5.74, 6) is 0. The SMILES string of the molecule is Cc1ccc(NCc2cc(C)cc(CNc3ccc(C)cc3)n2)cc1. The van der Waals surface area contributed by atoms with E-state index in [1.807, 2.05) is 0 Å². The van der Waals surface area contributed by atoms with E-state index in [4.69, 9.17) is 4.98 Å². The molecular formula is C22H25N3. The zero-order chi connectivity index (χ0) is 17.6. The van der Waals surface area contributed by atoms with Gasteiger partial charge in [-0.2, -0.15) is 0 Å². The van der Waals surface area contributed by atoms with Gasteiger partial charge in [0.1, 0.15) is 0 Å². The molecule has 1 heterocycles. The summed E-state index contributed by atoms with van der Waals surface area (Å²) in [7, 11) is 0. The maximum Gasteiger partial charge on any atom is 0.0601 e. The van der Waals surface area contributed by atoms with Crippen molar-refractivity contribution >= 4 is 11.4 Å². The molecule has 0 saturated heterocycles. The Hall–Kier alpha value is -2.81. The molecule has 0 spiro atoms. The summed E-state index contributed by atoms with van der Waals surface area (Å²) in [6.45, 7) is 7.76. The summed E-state index contributed by atoms with van der Waals surface area (Å²) in [6, 6.07) is 21.1. The third kappa shape index (κ3) is 5.08. The average molecular weight is 331 g/mol. The van der Waals surface area contributed by atoms with E-state index < -0.39 is 0 Å². The van der Waals surface area contributed by atoms with E-state index in [-0.39, 0.29) is 0 Å². The van der Waals surface area contributed by atoms with E-state index in [9.17, 15) is 0 Å². The summed E-state index contributed by atoms with van der Waals surface area (Å²) < 4.78 is 0. The number of anilines is 2. The van der Waals surface area contributed by atoms with Crippen LogP contribution in [-0.2, 0) is 13.1 Å². The van der Waals surface area contributed by atoms with Crippen LogP contribution >= 0.6 is 0 Å². The van der Waals surface area contributed by atoms with Crippen LogP contribution in [0.4, 0.5) is 11.4 Å². The largest absolute Gasteiger partial charge is 0.379 e. The highest BCUT2D eigenvalue weighted by Crippen LogP contribution is 2.13. The second kappa shape index (κ2) is 7.84. The van der Waals surface area contributed by atoms with E-state index in [0.717, 1.165) is 35.9 Å². The lowest BCUT2D eigenvalue weighted by atomic mass is 10.2. The highest BCUT2D eigenvalue weighted by atomic mass is 14.9. The van der Waals surface area contributed by atoms with Gasteiger partial charge in [0.2, 0.25) is 0 Å². The number of pyridine rings is 1. The van der Waals surface area contributed by atoms with Crippen molar-refractivity contribution in [2.24, 2.45) is 0 Å². The number of aromatic nitrogens is 1. The zero-order valence-corrected chi connectivity index (χ0v) is 15.1. The van der Waals surface area contributed by atoms with Crippen molar-refractivity contribution in [2.45, 2.75) is 33.9 Å². The number of hydrogen-bond donors (Lipinski definition) is 2. The van der Waals surface area contributed by atoms with Gasteiger partial charge < -0.3 is 10.6 Å². The Morgan fingerprint density at radius 2 is 1.00 bits per heavy atom. The molecule has 0 atom stereocenters. The van der Waals surface area contributed by atoms with Crippen LogP contribution in [0.3, 0.4) is 0 Å². The van der Waals surface area contributed by atoms with Crippen LogP contribution in [0.5, 0.6) is 0 Å². The van der Waals surface area contributed by atoms with E-state index in [0.29, 0.717) is 0 Å². The first-order chi connectivity index (χ1) is 12.1. The quantitative estimate of drug-likeness (QED) is 0.649. The van der Waals surface area contributed by atoms with Crippen LogP contribution in [0.25, 0.3) is 0 Å². The number of benzene rings is 2. The Morgan fingerprint density at radius 1 is 0.600 bits per heavy atom. The Balaban J connectivity index is 1.63. The molecule has 25 heavy (non-hydrogen) atoms. The van der Waals surface area contributed by atoms with Crippen molar-refractivity contribution in [3.8, 4) is 0 Å². The van der Waals surface area contributed by atoms with Gasteiger partial charge >= 0.3 is 0 Å². The van der Waals surface area contributed by atoms with Crippen molar-refractivity contribution in [2.75, 3.05) is 10.6 Å².